The number of rotatable bonds is 6. The van der Waals surface area contributed by atoms with Gasteiger partial charge in [0.2, 0.25) is 0 Å². The third-order valence-electron chi connectivity index (χ3n) is 2.37. The van der Waals surface area contributed by atoms with Crippen LogP contribution in [-0.2, 0) is 13.0 Å². The molecule has 80 valence electrons. The molecule has 0 aliphatic carbocycles. The average molecular weight is 196 g/mol. The number of aromatic nitrogens is 2. The Hall–Kier alpha value is -0.830. The van der Waals surface area contributed by atoms with Crippen LogP contribution in [0.15, 0.2) is 12.4 Å². The van der Waals surface area contributed by atoms with Crippen molar-refractivity contribution in [3.8, 4) is 0 Å². The van der Waals surface area contributed by atoms with Crippen LogP contribution >= 0.6 is 0 Å². The first-order valence-corrected chi connectivity index (χ1v) is 5.45. The molecule has 0 aliphatic rings. The molecule has 1 rings (SSSR count). The van der Waals surface area contributed by atoms with Crippen LogP contribution in [0.25, 0.3) is 0 Å². The Morgan fingerprint density at radius 1 is 1.50 bits per heavy atom. The van der Waals surface area contributed by atoms with Gasteiger partial charge in [-0.1, -0.05) is 19.8 Å². The van der Waals surface area contributed by atoms with Gasteiger partial charge in [0.25, 0.3) is 0 Å². The van der Waals surface area contributed by atoms with Gasteiger partial charge in [0, 0.05) is 19.2 Å². The van der Waals surface area contributed by atoms with Gasteiger partial charge in [-0.2, -0.15) is 5.10 Å². The first-order chi connectivity index (χ1) is 6.76. The minimum absolute atomic E-state index is 0.204. The van der Waals surface area contributed by atoms with Crippen LogP contribution in [0, 0.1) is 0 Å². The Morgan fingerprint density at radius 3 is 2.86 bits per heavy atom. The van der Waals surface area contributed by atoms with Gasteiger partial charge in [-0.3, -0.25) is 4.68 Å². The first-order valence-electron chi connectivity index (χ1n) is 5.45. The molecule has 0 radical (unpaired) electrons. The second-order valence-corrected chi connectivity index (χ2v) is 3.70. The van der Waals surface area contributed by atoms with Crippen LogP contribution < -0.4 is 0 Å². The quantitative estimate of drug-likeness (QED) is 0.755. The summed E-state index contributed by atoms with van der Waals surface area (Å²) in [7, 11) is 0. The summed E-state index contributed by atoms with van der Waals surface area (Å²) >= 11 is 0. The molecule has 0 spiro atoms. The Morgan fingerprint density at radius 2 is 2.29 bits per heavy atom. The second-order valence-electron chi connectivity index (χ2n) is 3.70. The standard InChI is InChI=1S/C11H20N2O/c1-3-5-6-11(14)7-10-8-12-13(4-2)9-10/h8-9,11,14H,3-7H2,1-2H3. The van der Waals surface area contributed by atoms with Crippen molar-refractivity contribution in [2.75, 3.05) is 0 Å². The van der Waals surface area contributed by atoms with E-state index in [4.69, 9.17) is 0 Å². The number of hydrogen-bond donors (Lipinski definition) is 1. The van der Waals surface area contributed by atoms with Gasteiger partial charge in [0.05, 0.1) is 12.3 Å². The highest BCUT2D eigenvalue weighted by Crippen LogP contribution is 2.08. The Balaban J connectivity index is 2.35. The molecule has 0 amide bonds. The van der Waals surface area contributed by atoms with Gasteiger partial charge >= 0.3 is 0 Å². The van der Waals surface area contributed by atoms with Crippen LogP contribution in [0.3, 0.4) is 0 Å². The highest BCUT2D eigenvalue weighted by molar-refractivity contribution is 5.05. The van der Waals surface area contributed by atoms with Crippen LogP contribution in [0.4, 0.5) is 0 Å². The molecule has 0 fully saturated rings. The molecule has 1 aromatic rings. The lowest BCUT2D eigenvalue weighted by Gasteiger charge is -2.07. The Labute approximate surface area is 85.8 Å². The summed E-state index contributed by atoms with van der Waals surface area (Å²) in [5.74, 6) is 0. The first kappa shape index (κ1) is 11.2. The van der Waals surface area contributed by atoms with E-state index in [1.807, 2.05) is 17.1 Å². The maximum atomic E-state index is 9.68. The van der Waals surface area contributed by atoms with Gasteiger partial charge < -0.3 is 5.11 Å². The fourth-order valence-electron chi connectivity index (χ4n) is 1.50. The van der Waals surface area contributed by atoms with Crippen molar-refractivity contribution in [2.45, 2.75) is 52.2 Å². The zero-order valence-corrected chi connectivity index (χ0v) is 9.11. The van der Waals surface area contributed by atoms with E-state index in [1.54, 1.807) is 0 Å². The number of aliphatic hydroxyl groups is 1. The van der Waals surface area contributed by atoms with E-state index in [9.17, 15) is 5.11 Å². The molecule has 1 unspecified atom stereocenters. The molecule has 1 heterocycles. The fourth-order valence-corrected chi connectivity index (χ4v) is 1.50. The normalized spacial score (nSPS) is 13.1. The minimum atomic E-state index is -0.204. The van der Waals surface area contributed by atoms with Gasteiger partial charge in [-0.15, -0.1) is 0 Å². The monoisotopic (exact) mass is 196 g/mol. The van der Waals surface area contributed by atoms with Crippen LogP contribution in [0.1, 0.15) is 38.7 Å². The summed E-state index contributed by atoms with van der Waals surface area (Å²) in [5, 5.41) is 13.9. The molecule has 14 heavy (non-hydrogen) atoms. The molecule has 0 aliphatic heterocycles. The Kier molecular flexibility index (Phi) is 4.66. The zero-order chi connectivity index (χ0) is 10.4. The lowest BCUT2D eigenvalue weighted by molar-refractivity contribution is 0.162. The highest BCUT2D eigenvalue weighted by atomic mass is 16.3. The van der Waals surface area contributed by atoms with Gasteiger partial charge in [-0.05, 0) is 18.9 Å². The fraction of sp³-hybridized carbons (Fsp3) is 0.727. The molecule has 0 bridgehead atoms. The zero-order valence-electron chi connectivity index (χ0n) is 9.11. The molecule has 1 aromatic heterocycles. The predicted molar refractivity (Wildman–Crippen MR) is 57.1 cm³/mol. The summed E-state index contributed by atoms with van der Waals surface area (Å²) in [5.41, 5.74) is 1.13. The maximum absolute atomic E-state index is 9.68. The highest BCUT2D eigenvalue weighted by Gasteiger charge is 2.06. The molecule has 0 saturated heterocycles. The van der Waals surface area contributed by atoms with E-state index in [-0.39, 0.29) is 6.10 Å². The predicted octanol–water partition coefficient (Wildman–Crippen LogP) is 2.00. The summed E-state index contributed by atoms with van der Waals surface area (Å²) in [6.07, 6.45) is 7.53. The number of hydrogen-bond acceptors (Lipinski definition) is 2. The maximum Gasteiger partial charge on any atom is 0.0581 e. The lowest BCUT2D eigenvalue weighted by atomic mass is 10.1. The van der Waals surface area contributed by atoms with Crippen molar-refractivity contribution in [3.05, 3.63) is 18.0 Å². The van der Waals surface area contributed by atoms with E-state index < -0.39 is 0 Å². The van der Waals surface area contributed by atoms with Crippen LogP contribution in [0.2, 0.25) is 0 Å². The van der Waals surface area contributed by atoms with Crippen molar-refractivity contribution in [2.24, 2.45) is 0 Å². The molecular weight excluding hydrogens is 176 g/mol. The summed E-state index contributed by atoms with van der Waals surface area (Å²) in [6.45, 7) is 5.09. The van der Waals surface area contributed by atoms with Crippen LogP contribution in [0.5, 0.6) is 0 Å². The topological polar surface area (TPSA) is 38.1 Å². The van der Waals surface area contributed by atoms with Gasteiger partial charge in [-0.25, -0.2) is 0 Å². The lowest BCUT2D eigenvalue weighted by Crippen LogP contribution is -2.09. The van der Waals surface area contributed by atoms with E-state index in [0.717, 1.165) is 37.8 Å². The van der Waals surface area contributed by atoms with E-state index in [0.29, 0.717) is 0 Å². The number of nitrogens with zero attached hydrogens (tertiary/aromatic N) is 2. The van der Waals surface area contributed by atoms with Crippen molar-refractivity contribution < 1.29 is 5.11 Å². The number of unbranched alkanes of at least 4 members (excludes halogenated alkanes) is 1. The molecular formula is C11H20N2O. The largest absolute Gasteiger partial charge is 0.393 e. The third-order valence-corrected chi connectivity index (χ3v) is 2.37. The Bertz CT molecular complexity index is 258. The minimum Gasteiger partial charge on any atom is -0.393 e. The second kappa shape index (κ2) is 5.81. The number of aryl methyl sites for hydroxylation is 1. The molecule has 0 saturated carbocycles. The molecule has 0 aromatic carbocycles. The van der Waals surface area contributed by atoms with Crippen molar-refractivity contribution in [1.29, 1.82) is 0 Å². The van der Waals surface area contributed by atoms with E-state index >= 15 is 0 Å². The van der Waals surface area contributed by atoms with E-state index in [1.165, 1.54) is 0 Å². The molecule has 3 nitrogen and oxygen atoms in total. The van der Waals surface area contributed by atoms with Crippen molar-refractivity contribution in [3.63, 3.8) is 0 Å². The summed E-state index contributed by atoms with van der Waals surface area (Å²) in [6, 6.07) is 0. The molecule has 1 N–H and O–H groups in total. The van der Waals surface area contributed by atoms with E-state index in [2.05, 4.69) is 18.9 Å². The molecule has 3 heteroatoms. The van der Waals surface area contributed by atoms with Crippen molar-refractivity contribution >= 4 is 0 Å². The van der Waals surface area contributed by atoms with Gasteiger partial charge in [0.1, 0.15) is 0 Å². The summed E-state index contributed by atoms with van der Waals surface area (Å²) < 4.78 is 1.89. The molecule has 1 atom stereocenters. The van der Waals surface area contributed by atoms with Crippen LogP contribution in [-0.4, -0.2) is 21.0 Å². The summed E-state index contributed by atoms with van der Waals surface area (Å²) in [4.78, 5) is 0. The van der Waals surface area contributed by atoms with Gasteiger partial charge in [0.15, 0.2) is 0 Å². The SMILES string of the molecule is CCCCC(O)Cc1cnn(CC)c1. The average Bonchev–Trinajstić information content (AvgIpc) is 2.62. The van der Waals surface area contributed by atoms with Crippen molar-refractivity contribution in [1.82, 2.24) is 9.78 Å². The smallest absolute Gasteiger partial charge is 0.0581 e. The third kappa shape index (κ3) is 3.50. The number of aliphatic hydroxyl groups excluding tert-OH is 1.